The van der Waals surface area contributed by atoms with E-state index in [2.05, 4.69) is 5.32 Å². The Morgan fingerprint density at radius 2 is 1.83 bits per heavy atom. The van der Waals surface area contributed by atoms with Gasteiger partial charge in [-0.3, -0.25) is 9.59 Å². The van der Waals surface area contributed by atoms with E-state index in [0.29, 0.717) is 12.3 Å². The quantitative estimate of drug-likeness (QED) is 0.587. The Balaban J connectivity index is 2.43. The van der Waals surface area contributed by atoms with E-state index < -0.39 is 0 Å². The van der Waals surface area contributed by atoms with Crippen molar-refractivity contribution in [2.75, 3.05) is 11.2 Å². The van der Waals surface area contributed by atoms with Crippen molar-refractivity contribution in [3.63, 3.8) is 0 Å². The summed E-state index contributed by atoms with van der Waals surface area (Å²) in [5, 5.41) is 2.78. The van der Waals surface area contributed by atoms with Crippen LogP contribution in [0.2, 0.25) is 0 Å². The molecule has 0 aliphatic carbocycles. The first-order valence-electron chi connectivity index (χ1n) is 5.85. The largest absolute Gasteiger partial charge is 0.369 e. The van der Waals surface area contributed by atoms with Crippen LogP contribution in [0.1, 0.15) is 24.8 Å². The minimum absolute atomic E-state index is 0.0252. The number of hydrogen-bond donors (Lipinski definition) is 2. The van der Waals surface area contributed by atoms with Gasteiger partial charge < -0.3 is 11.1 Å². The highest BCUT2D eigenvalue weighted by molar-refractivity contribution is 6.17. The summed E-state index contributed by atoms with van der Waals surface area (Å²) in [5.41, 5.74) is 6.65. The Kier molecular flexibility index (Phi) is 6.22. The molecule has 0 aliphatic rings. The highest BCUT2D eigenvalue weighted by Gasteiger charge is 2.03. The van der Waals surface area contributed by atoms with E-state index in [0.717, 1.165) is 24.1 Å². The second-order valence-corrected chi connectivity index (χ2v) is 4.41. The third-order valence-corrected chi connectivity index (χ3v) is 2.67. The maximum absolute atomic E-state index is 11.5. The molecule has 1 aromatic rings. The van der Waals surface area contributed by atoms with E-state index >= 15 is 0 Å². The van der Waals surface area contributed by atoms with Crippen LogP contribution in [-0.2, 0) is 16.0 Å². The lowest BCUT2D eigenvalue weighted by atomic mass is 10.1. The average Bonchev–Trinajstić information content (AvgIpc) is 2.31. The number of nitrogens with two attached hydrogens (primary N) is 1. The molecule has 0 saturated carbocycles. The van der Waals surface area contributed by atoms with Crippen LogP contribution >= 0.6 is 11.6 Å². The van der Waals surface area contributed by atoms with Gasteiger partial charge in [0.2, 0.25) is 11.8 Å². The second-order valence-electron chi connectivity index (χ2n) is 4.03. The molecular weight excluding hydrogens is 252 g/mol. The minimum Gasteiger partial charge on any atom is -0.369 e. The monoisotopic (exact) mass is 268 g/mol. The molecule has 4 nitrogen and oxygen atoms in total. The number of carbonyl (C=O) groups excluding carboxylic acids is 2. The van der Waals surface area contributed by atoms with Gasteiger partial charge in [0.1, 0.15) is 0 Å². The number of unbranched alkanes of at least 4 members (excludes halogenated alkanes) is 1. The molecule has 0 spiro atoms. The van der Waals surface area contributed by atoms with E-state index in [1.165, 1.54) is 0 Å². The van der Waals surface area contributed by atoms with Crippen molar-refractivity contribution in [3.8, 4) is 0 Å². The first kappa shape index (κ1) is 14.5. The summed E-state index contributed by atoms with van der Waals surface area (Å²) in [6.07, 6.45) is 2.31. The molecule has 0 aliphatic heterocycles. The zero-order chi connectivity index (χ0) is 13.4. The number of alkyl halides is 1. The van der Waals surface area contributed by atoms with Crippen LogP contribution < -0.4 is 11.1 Å². The summed E-state index contributed by atoms with van der Waals surface area (Å²) < 4.78 is 0. The fourth-order valence-electron chi connectivity index (χ4n) is 1.51. The molecular formula is C13H17ClN2O2. The predicted molar refractivity (Wildman–Crippen MR) is 72.5 cm³/mol. The number of carbonyl (C=O) groups is 2. The zero-order valence-electron chi connectivity index (χ0n) is 10.1. The Morgan fingerprint density at radius 3 is 2.39 bits per heavy atom. The van der Waals surface area contributed by atoms with Gasteiger partial charge in [0.25, 0.3) is 0 Å². The molecule has 1 aromatic carbocycles. The van der Waals surface area contributed by atoms with Gasteiger partial charge >= 0.3 is 0 Å². The van der Waals surface area contributed by atoms with E-state index in [4.69, 9.17) is 17.3 Å². The molecule has 0 unspecified atom stereocenters. The van der Waals surface area contributed by atoms with E-state index in [-0.39, 0.29) is 18.2 Å². The molecule has 0 aromatic heterocycles. The third-order valence-electron chi connectivity index (χ3n) is 2.40. The van der Waals surface area contributed by atoms with Crippen molar-refractivity contribution >= 4 is 29.1 Å². The lowest BCUT2D eigenvalue weighted by Gasteiger charge is -2.05. The summed E-state index contributed by atoms with van der Waals surface area (Å²) >= 11 is 5.53. The number of benzene rings is 1. The van der Waals surface area contributed by atoms with Crippen molar-refractivity contribution < 1.29 is 9.59 Å². The van der Waals surface area contributed by atoms with Crippen LogP contribution in [-0.4, -0.2) is 17.7 Å². The van der Waals surface area contributed by atoms with Gasteiger partial charge in [0.15, 0.2) is 0 Å². The summed E-state index contributed by atoms with van der Waals surface area (Å²) in [5.74, 6) is 0.186. The van der Waals surface area contributed by atoms with Crippen molar-refractivity contribution in [1.82, 2.24) is 0 Å². The molecule has 0 atom stereocenters. The molecule has 0 saturated heterocycles. The molecule has 0 heterocycles. The highest BCUT2D eigenvalue weighted by atomic mass is 35.5. The summed E-state index contributed by atoms with van der Waals surface area (Å²) in [6, 6.07) is 7.08. The van der Waals surface area contributed by atoms with Crippen molar-refractivity contribution in [3.05, 3.63) is 29.8 Å². The van der Waals surface area contributed by atoms with E-state index in [1.54, 1.807) is 24.3 Å². The first-order chi connectivity index (χ1) is 8.61. The number of amides is 2. The third kappa shape index (κ3) is 5.68. The van der Waals surface area contributed by atoms with Crippen LogP contribution in [0.4, 0.5) is 5.69 Å². The molecule has 0 radical (unpaired) electrons. The Bertz CT molecular complexity index is 404. The van der Waals surface area contributed by atoms with Crippen LogP contribution in [0.5, 0.6) is 0 Å². The second kappa shape index (κ2) is 7.71. The topological polar surface area (TPSA) is 72.2 Å². The van der Waals surface area contributed by atoms with Gasteiger partial charge in [-0.2, -0.15) is 0 Å². The number of hydrogen-bond acceptors (Lipinski definition) is 2. The maximum Gasteiger partial charge on any atom is 0.224 e. The van der Waals surface area contributed by atoms with Crippen molar-refractivity contribution in [1.29, 1.82) is 0 Å². The summed E-state index contributed by atoms with van der Waals surface area (Å²) in [7, 11) is 0. The van der Waals surface area contributed by atoms with Gasteiger partial charge in [-0.15, -0.1) is 11.6 Å². The van der Waals surface area contributed by atoms with Crippen LogP contribution in [0.15, 0.2) is 24.3 Å². The van der Waals surface area contributed by atoms with Gasteiger partial charge in [-0.25, -0.2) is 0 Å². The number of primary amides is 1. The molecule has 0 fully saturated rings. The Labute approximate surface area is 112 Å². The molecule has 18 heavy (non-hydrogen) atoms. The molecule has 2 amide bonds. The SMILES string of the molecule is NC(=O)Cc1ccc(NC(=O)CCCCCl)cc1. The Morgan fingerprint density at radius 1 is 1.17 bits per heavy atom. The van der Waals surface area contributed by atoms with Crippen LogP contribution in [0.25, 0.3) is 0 Å². The maximum atomic E-state index is 11.5. The number of anilines is 1. The smallest absolute Gasteiger partial charge is 0.224 e. The van der Waals surface area contributed by atoms with Gasteiger partial charge in [-0.05, 0) is 30.5 Å². The number of halogens is 1. The fraction of sp³-hybridized carbons (Fsp3) is 0.385. The van der Waals surface area contributed by atoms with E-state index in [1.807, 2.05) is 0 Å². The van der Waals surface area contributed by atoms with Crippen molar-refractivity contribution in [2.24, 2.45) is 5.73 Å². The van der Waals surface area contributed by atoms with Gasteiger partial charge in [0.05, 0.1) is 6.42 Å². The normalized spacial score (nSPS) is 10.1. The molecule has 1 rings (SSSR count). The first-order valence-corrected chi connectivity index (χ1v) is 6.38. The number of rotatable bonds is 7. The minimum atomic E-state index is -0.368. The summed E-state index contributed by atoms with van der Waals surface area (Å²) in [4.78, 5) is 22.2. The molecule has 5 heteroatoms. The summed E-state index contributed by atoms with van der Waals surface area (Å²) in [6.45, 7) is 0. The van der Waals surface area contributed by atoms with E-state index in [9.17, 15) is 9.59 Å². The fourth-order valence-corrected chi connectivity index (χ4v) is 1.70. The highest BCUT2D eigenvalue weighted by Crippen LogP contribution is 2.11. The molecule has 3 N–H and O–H groups in total. The predicted octanol–water partition coefficient (Wildman–Crippen LogP) is 2.06. The van der Waals surface area contributed by atoms with Crippen LogP contribution in [0, 0.1) is 0 Å². The van der Waals surface area contributed by atoms with Gasteiger partial charge in [-0.1, -0.05) is 12.1 Å². The lowest BCUT2D eigenvalue weighted by Crippen LogP contribution is -2.14. The average molecular weight is 269 g/mol. The molecule has 0 bridgehead atoms. The number of nitrogens with one attached hydrogen (secondary N) is 1. The Hall–Kier alpha value is -1.55. The van der Waals surface area contributed by atoms with Gasteiger partial charge in [0, 0.05) is 18.0 Å². The van der Waals surface area contributed by atoms with Crippen molar-refractivity contribution in [2.45, 2.75) is 25.7 Å². The molecule has 98 valence electrons. The standard InChI is InChI=1S/C13H17ClN2O2/c14-8-2-1-3-13(18)16-11-6-4-10(5-7-11)9-12(15)17/h4-7H,1-3,8-9H2,(H2,15,17)(H,16,18). The zero-order valence-corrected chi connectivity index (χ0v) is 10.9. The lowest BCUT2D eigenvalue weighted by molar-refractivity contribution is -0.117. The van der Waals surface area contributed by atoms with Crippen LogP contribution in [0.3, 0.4) is 0 Å².